The van der Waals surface area contributed by atoms with Crippen LogP contribution in [0.5, 0.6) is 5.75 Å². The van der Waals surface area contributed by atoms with Crippen LogP contribution >= 0.6 is 73.8 Å². The van der Waals surface area contributed by atoms with Gasteiger partial charge in [-0.15, -0.1) is 0 Å². The van der Waals surface area contributed by atoms with E-state index in [0.717, 1.165) is 11.3 Å². The maximum atomic E-state index is 14.0. The van der Waals surface area contributed by atoms with Crippen LogP contribution in [0.25, 0.3) is 0 Å². The van der Waals surface area contributed by atoms with E-state index in [0.29, 0.717) is 52.1 Å². The third-order valence-corrected chi connectivity index (χ3v) is 10.7. The molecule has 1 saturated heterocycles. The number of hydrogen-bond donors (Lipinski definition) is 2. The molecule has 0 spiro atoms. The maximum absolute atomic E-state index is 14.0. The van der Waals surface area contributed by atoms with Gasteiger partial charge in [0.15, 0.2) is 6.61 Å². The van der Waals surface area contributed by atoms with E-state index in [1.807, 2.05) is 0 Å². The first kappa shape index (κ1) is 29.3. The quantitative estimate of drug-likeness (QED) is 0.208. The van der Waals surface area contributed by atoms with Gasteiger partial charge in [-0.3, -0.25) is 19.2 Å². The summed E-state index contributed by atoms with van der Waals surface area (Å²) in [6.07, 6.45) is 0. The molecule has 2 N–H and O–H groups in total. The molecule has 3 heterocycles. The van der Waals surface area contributed by atoms with E-state index in [4.69, 9.17) is 39.5 Å². The van der Waals surface area contributed by atoms with Crippen molar-refractivity contribution >= 4 is 103 Å². The first-order valence-electron chi connectivity index (χ1n) is 12.3. The molecule has 3 aromatic carbocycles. The summed E-state index contributed by atoms with van der Waals surface area (Å²) in [7, 11) is 0. The molecule has 214 valence electrons. The highest BCUT2D eigenvalue weighted by Gasteiger charge is 2.56. The maximum Gasteiger partial charge on any atom is 0.305 e. The molecule has 4 aromatic rings. The van der Waals surface area contributed by atoms with Crippen LogP contribution in [0.1, 0.15) is 16.4 Å². The van der Waals surface area contributed by atoms with Gasteiger partial charge in [0.1, 0.15) is 11.0 Å². The van der Waals surface area contributed by atoms with Crippen LogP contribution in [-0.4, -0.2) is 34.6 Å². The summed E-state index contributed by atoms with van der Waals surface area (Å²) in [6, 6.07) is 16.4. The molecular weight excluding hydrogens is 709 g/mol. The Morgan fingerprint density at radius 2 is 1.74 bits per heavy atom. The molecule has 0 saturated carbocycles. The van der Waals surface area contributed by atoms with Crippen LogP contribution in [0.3, 0.4) is 0 Å². The average molecular weight is 726 g/mol. The fourth-order valence-electron chi connectivity index (χ4n) is 5.00. The minimum atomic E-state index is -0.834. The van der Waals surface area contributed by atoms with E-state index >= 15 is 0 Å². The Hall–Kier alpha value is -2.80. The summed E-state index contributed by atoms with van der Waals surface area (Å²) in [6.45, 7) is -0.357. The van der Waals surface area contributed by atoms with Crippen LogP contribution in [0, 0.1) is 5.92 Å². The number of rotatable bonds is 6. The van der Waals surface area contributed by atoms with E-state index in [1.165, 1.54) is 22.7 Å². The van der Waals surface area contributed by atoms with Crippen molar-refractivity contribution in [1.82, 2.24) is 4.98 Å². The van der Waals surface area contributed by atoms with Crippen LogP contribution in [0.4, 0.5) is 11.4 Å². The zero-order valence-electron chi connectivity index (χ0n) is 21.0. The molecule has 0 aliphatic carbocycles. The number of aromatic amines is 1. The smallest absolute Gasteiger partial charge is 0.305 e. The first-order valence-corrected chi connectivity index (χ1v) is 15.9. The summed E-state index contributed by atoms with van der Waals surface area (Å²) in [5.74, 6) is -2.45. The number of imide groups is 1. The average Bonchev–Trinajstić information content (AvgIpc) is 3.44. The molecule has 2 aliphatic heterocycles. The molecular formula is C28H17BrCl3N3O5S2. The Morgan fingerprint density at radius 1 is 0.976 bits per heavy atom. The Labute approximate surface area is 270 Å². The number of fused-ring (bicyclic) bond motifs is 2. The summed E-state index contributed by atoms with van der Waals surface area (Å²) in [5, 5.41) is 3.57. The van der Waals surface area contributed by atoms with E-state index in [9.17, 15) is 19.2 Å². The number of ether oxygens (including phenoxy) is 1. The second-order valence-corrected chi connectivity index (χ2v) is 13.7. The Balaban J connectivity index is 1.35. The van der Waals surface area contributed by atoms with Gasteiger partial charge in [0, 0.05) is 31.5 Å². The molecule has 8 nitrogen and oxygen atoms in total. The predicted molar refractivity (Wildman–Crippen MR) is 169 cm³/mol. The minimum Gasteiger partial charge on any atom is -0.483 e. The van der Waals surface area contributed by atoms with Gasteiger partial charge in [-0.05, 0) is 60.7 Å². The van der Waals surface area contributed by atoms with Gasteiger partial charge in [-0.25, -0.2) is 4.90 Å². The van der Waals surface area contributed by atoms with Gasteiger partial charge in [-0.1, -0.05) is 73.8 Å². The number of aromatic nitrogens is 1. The number of thioether (sulfide) groups is 1. The second-order valence-electron chi connectivity index (χ2n) is 9.39. The summed E-state index contributed by atoms with van der Waals surface area (Å²) >= 11 is 23.7. The Bertz CT molecular complexity index is 1810. The monoisotopic (exact) mass is 723 g/mol. The molecule has 3 atom stereocenters. The van der Waals surface area contributed by atoms with Crippen molar-refractivity contribution in [2.24, 2.45) is 5.92 Å². The molecule has 2 unspecified atom stereocenters. The number of nitrogens with one attached hydrogen (secondary N) is 2. The number of benzene rings is 3. The van der Waals surface area contributed by atoms with Gasteiger partial charge in [0.05, 0.1) is 26.7 Å². The van der Waals surface area contributed by atoms with E-state index in [2.05, 4.69) is 26.2 Å². The van der Waals surface area contributed by atoms with Crippen molar-refractivity contribution in [2.75, 3.05) is 16.8 Å². The molecule has 3 amide bonds. The van der Waals surface area contributed by atoms with E-state index < -0.39 is 34.8 Å². The number of carbonyl (C=O) groups excluding carboxylic acids is 3. The number of hydrogen-bond acceptors (Lipinski definition) is 7. The van der Waals surface area contributed by atoms with Crippen molar-refractivity contribution in [2.45, 2.75) is 16.2 Å². The lowest BCUT2D eigenvalue weighted by atomic mass is 9.82. The van der Waals surface area contributed by atoms with Gasteiger partial charge < -0.3 is 15.0 Å². The third kappa shape index (κ3) is 5.49. The minimum absolute atomic E-state index is 0.292. The highest BCUT2D eigenvalue weighted by Crippen LogP contribution is 2.54. The fraction of sp³-hybridized carbons (Fsp3) is 0.143. The van der Waals surface area contributed by atoms with Crippen molar-refractivity contribution in [3.05, 3.63) is 100 Å². The number of thiazole rings is 1. The van der Waals surface area contributed by atoms with Crippen LogP contribution < -0.4 is 19.8 Å². The topological polar surface area (TPSA) is 109 Å². The molecule has 42 heavy (non-hydrogen) atoms. The Kier molecular flexibility index (Phi) is 8.16. The lowest BCUT2D eigenvalue weighted by molar-refractivity contribution is -0.122. The zero-order valence-corrected chi connectivity index (χ0v) is 26.5. The number of nitrogens with zero attached hydrogens (tertiary/aromatic N) is 1. The second kappa shape index (κ2) is 11.7. The lowest BCUT2D eigenvalue weighted by Crippen LogP contribution is -2.32. The van der Waals surface area contributed by atoms with Crippen LogP contribution in [0.2, 0.25) is 15.1 Å². The molecule has 0 radical (unpaired) electrons. The summed E-state index contributed by atoms with van der Waals surface area (Å²) in [5.41, 5.74) is 1.41. The summed E-state index contributed by atoms with van der Waals surface area (Å²) < 4.78 is 6.67. The molecule has 1 aromatic heterocycles. The standard InChI is InChI=1S/C28H17BrCl3N3O5S2/c29-12-1-8-19(40-11-20(36)33-14-4-7-17(31)18(32)10-14)16(9-12)21-22-24(41-25-23(21)42-28(39)34-25)27(38)35(26(22)37)15-5-2-13(30)3-6-15/h1-10,21-22,24H,11H2,(H,33,36)(H,34,39)/t21-,22?,24?/m1/s1. The normalized spacial score (nSPS) is 19.4. The van der Waals surface area contributed by atoms with E-state index in [-0.39, 0.29) is 11.5 Å². The number of H-pyrrole nitrogens is 1. The third-order valence-electron chi connectivity index (χ3n) is 6.78. The first-order chi connectivity index (χ1) is 20.1. The predicted octanol–water partition coefficient (Wildman–Crippen LogP) is 6.97. The van der Waals surface area contributed by atoms with Gasteiger partial charge in [0.25, 0.3) is 5.91 Å². The number of carbonyl (C=O) groups is 3. The van der Waals surface area contributed by atoms with Crippen molar-refractivity contribution < 1.29 is 19.1 Å². The molecule has 14 heteroatoms. The van der Waals surface area contributed by atoms with Crippen molar-refractivity contribution in [3.63, 3.8) is 0 Å². The highest BCUT2D eigenvalue weighted by atomic mass is 79.9. The highest BCUT2D eigenvalue weighted by molar-refractivity contribution is 9.10. The number of halogens is 4. The van der Waals surface area contributed by atoms with Crippen molar-refractivity contribution in [3.8, 4) is 5.75 Å². The molecule has 6 rings (SSSR count). The van der Waals surface area contributed by atoms with Gasteiger partial charge in [-0.2, -0.15) is 0 Å². The van der Waals surface area contributed by atoms with E-state index in [1.54, 1.807) is 54.6 Å². The SMILES string of the molecule is O=C(COc1ccc(Br)cc1[C@H]1c2sc(=O)[nH]c2SC2C(=O)N(c3ccc(Cl)cc3)C(=O)C21)Nc1ccc(Cl)c(Cl)c1. The molecule has 1 fully saturated rings. The number of amides is 3. The molecule has 2 aliphatic rings. The lowest BCUT2D eigenvalue weighted by Gasteiger charge is -2.31. The zero-order chi connectivity index (χ0) is 29.7. The largest absolute Gasteiger partial charge is 0.483 e. The van der Waals surface area contributed by atoms with Gasteiger partial charge >= 0.3 is 4.87 Å². The van der Waals surface area contributed by atoms with Crippen LogP contribution in [-0.2, 0) is 14.4 Å². The fourth-order valence-corrected chi connectivity index (χ4v) is 8.31. The Morgan fingerprint density at radius 3 is 2.48 bits per heavy atom. The number of anilines is 2. The van der Waals surface area contributed by atoms with Crippen LogP contribution in [0.15, 0.2) is 75.0 Å². The summed E-state index contributed by atoms with van der Waals surface area (Å²) in [4.78, 5) is 57.2. The molecule has 0 bridgehead atoms. The van der Waals surface area contributed by atoms with Crippen molar-refractivity contribution in [1.29, 1.82) is 0 Å². The van der Waals surface area contributed by atoms with Gasteiger partial charge in [0.2, 0.25) is 11.8 Å².